The second kappa shape index (κ2) is 5.87. The van der Waals surface area contributed by atoms with E-state index in [4.69, 9.17) is 0 Å². The van der Waals surface area contributed by atoms with Crippen molar-refractivity contribution in [3.05, 3.63) is 38.7 Å². The molecule has 4 nitrogen and oxygen atoms in total. The van der Waals surface area contributed by atoms with Gasteiger partial charge in [-0.25, -0.2) is 9.97 Å². The molecule has 0 bridgehead atoms. The van der Waals surface area contributed by atoms with Crippen LogP contribution in [-0.4, -0.2) is 21.0 Å². The summed E-state index contributed by atoms with van der Waals surface area (Å²) in [6.07, 6.45) is 4.31. The van der Waals surface area contributed by atoms with Crippen molar-refractivity contribution in [3.8, 4) is 11.5 Å². The lowest BCUT2D eigenvalue weighted by Gasteiger charge is -2.08. The van der Waals surface area contributed by atoms with Crippen LogP contribution < -0.4 is 5.32 Å². The van der Waals surface area contributed by atoms with Gasteiger partial charge in [0.1, 0.15) is 5.69 Å². The molecule has 20 heavy (non-hydrogen) atoms. The van der Waals surface area contributed by atoms with E-state index in [-0.39, 0.29) is 0 Å². The molecular weight excluding hydrogens is 384 g/mol. The van der Waals surface area contributed by atoms with E-state index in [1.54, 1.807) is 6.20 Å². The summed E-state index contributed by atoms with van der Waals surface area (Å²) in [7, 11) is 0. The number of hydrogen-bond donors (Lipinski definition) is 1. The largest absolute Gasteiger partial charge is 0.308 e. The van der Waals surface area contributed by atoms with E-state index in [0.29, 0.717) is 11.9 Å². The minimum Gasteiger partial charge on any atom is -0.308 e. The van der Waals surface area contributed by atoms with Gasteiger partial charge in [0, 0.05) is 33.4 Å². The lowest BCUT2D eigenvalue weighted by atomic mass is 10.3. The van der Waals surface area contributed by atoms with Gasteiger partial charge < -0.3 is 5.32 Å². The first-order chi connectivity index (χ1) is 9.61. The maximum absolute atomic E-state index is 4.61. The Hall–Kier alpha value is -0.850. The van der Waals surface area contributed by atoms with E-state index in [1.807, 2.05) is 19.1 Å². The van der Waals surface area contributed by atoms with Crippen LogP contribution in [0.25, 0.3) is 11.5 Å². The van der Waals surface area contributed by atoms with Crippen LogP contribution in [0.5, 0.6) is 0 Å². The molecule has 0 saturated heterocycles. The molecule has 2 heterocycles. The number of pyridine rings is 1. The highest BCUT2D eigenvalue weighted by molar-refractivity contribution is 9.11. The van der Waals surface area contributed by atoms with Crippen LogP contribution in [0.3, 0.4) is 0 Å². The van der Waals surface area contributed by atoms with Crippen molar-refractivity contribution in [3.63, 3.8) is 0 Å². The third-order valence-corrected chi connectivity index (χ3v) is 4.11. The number of nitrogens with one attached hydrogen (secondary N) is 1. The zero-order valence-corrected chi connectivity index (χ0v) is 14.2. The van der Waals surface area contributed by atoms with Crippen LogP contribution in [0.15, 0.2) is 27.3 Å². The van der Waals surface area contributed by atoms with E-state index in [1.165, 1.54) is 12.8 Å². The normalized spacial score (nSPS) is 14.6. The lowest BCUT2D eigenvalue weighted by Crippen LogP contribution is -2.17. The Labute approximate surface area is 134 Å². The fourth-order valence-corrected chi connectivity index (χ4v) is 3.11. The third kappa shape index (κ3) is 3.42. The van der Waals surface area contributed by atoms with Crippen molar-refractivity contribution in [2.45, 2.75) is 32.4 Å². The van der Waals surface area contributed by atoms with Crippen molar-refractivity contribution in [1.29, 1.82) is 0 Å². The first-order valence-electron chi connectivity index (χ1n) is 6.51. The number of rotatable bonds is 4. The predicted molar refractivity (Wildman–Crippen MR) is 85.3 cm³/mol. The summed E-state index contributed by atoms with van der Waals surface area (Å²) in [6, 6.07) is 4.65. The molecule has 3 rings (SSSR count). The monoisotopic (exact) mass is 396 g/mol. The molecule has 6 heteroatoms. The highest BCUT2D eigenvalue weighted by Crippen LogP contribution is 2.26. The van der Waals surface area contributed by atoms with Crippen molar-refractivity contribution in [2.24, 2.45) is 0 Å². The van der Waals surface area contributed by atoms with Crippen LogP contribution in [0.2, 0.25) is 0 Å². The summed E-state index contributed by atoms with van der Waals surface area (Å²) in [4.78, 5) is 13.5. The Kier molecular flexibility index (Phi) is 4.14. The summed E-state index contributed by atoms with van der Waals surface area (Å²) >= 11 is 6.92. The summed E-state index contributed by atoms with van der Waals surface area (Å²) < 4.78 is 1.81. The summed E-state index contributed by atoms with van der Waals surface area (Å²) in [5.41, 5.74) is 2.74. The fourth-order valence-electron chi connectivity index (χ4n) is 1.95. The maximum Gasteiger partial charge on any atom is 0.179 e. The highest BCUT2D eigenvalue weighted by Gasteiger charge is 2.20. The molecule has 0 amide bonds. The van der Waals surface area contributed by atoms with Crippen LogP contribution in [0.1, 0.15) is 24.2 Å². The number of hydrogen-bond acceptors (Lipinski definition) is 4. The average molecular weight is 398 g/mol. The van der Waals surface area contributed by atoms with Gasteiger partial charge in [0.05, 0.1) is 5.69 Å². The van der Waals surface area contributed by atoms with Gasteiger partial charge in [0.2, 0.25) is 0 Å². The van der Waals surface area contributed by atoms with E-state index in [9.17, 15) is 0 Å². The van der Waals surface area contributed by atoms with Gasteiger partial charge in [0.15, 0.2) is 5.82 Å². The topological polar surface area (TPSA) is 50.7 Å². The Morgan fingerprint density at radius 2 is 2.05 bits per heavy atom. The predicted octanol–water partition coefficient (Wildman–Crippen LogP) is 3.62. The molecule has 0 aromatic carbocycles. The first kappa shape index (κ1) is 14.1. The molecule has 1 saturated carbocycles. The second-order valence-electron chi connectivity index (χ2n) is 4.96. The Morgan fingerprint density at radius 1 is 1.25 bits per heavy atom. The van der Waals surface area contributed by atoms with E-state index in [0.717, 1.165) is 32.6 Å². The zero-order chi connectivity index (χ0) is 14.1. The molecule has 104 valence electrons. The first-order valence-corrected chi connectivity index (χ1v) is 8.10. The quantitative estimate of drug-likeness (QED) is 0.855. The standard InChI is InChI=1S/C14H14Br2N4/c1-8-4-11(7-17-10-2-3-10)20-14(19-8)13-12(16)5-9(15)6-18-13/h4-6,10,17H,2-3,7H2,1H3. The van der Waals surface area contributed by atoms with Crippen LogP contribution in [0, 0.1) is 6.92 Å². The SMILES string of the molecule is Cc1cc(CNC2CC2)nc(-c2ncc(Br)cc2Br)n1. The molecule has 2 aromatic heterocycles. The Bertz CT molecular complexity index is 641. The molecule has 0 radical (unpaired) electrons. The number of halogens is 2. The summed E-state index contributed by atoms with van der Waals surface area (Å²) in [5, 5.41) is 3.47. The molecular formula is C14H14Br2N4. The molecule has 0 aliphatic heterocycles. The lowest BCUT2D eigenvalue weighted by molar-refractivity contribution is 0.672. The van der Waals surface area contributed by atoms with Gasteiger partial charge >= 0.3 is 0 Å². The van der Waals surface area contributed by atoms with Crippen LogP contribution in [-0.2, 0) is 6.54 Å². The van der Waals surface area contributed by atoms with Gasteiger partial charge in [-0.3, -0.25) is 4.98 Å². The molecule has 1 aliphatic carbocycles. The van der Waals surface area contributed by atoms with Crippen molar-refractivity contribution < 1.29 is 0 Å². The Morgan fingerprint density at radius 3 is 2.75 bits per heavy atom. The summed E-state index contributed by atoms with van der Waals surface area (Å²) in [6.45, 7) is 2.77. The minimum atomic E-state index is 0.664. The molecule has 1 N–H and O–H groups in total. The molecule has 1 aliphatic rings. The smallest absolute Gasteiger partial charge is 0.179 e. The van der Waals surface area contributed by atoms with Gasteiger partial charge in [-0.1, -0.05) is 0 Å². The molecule has 0 unspecified atom stereocenters. The van der Waals surface area contributed by atoms with Crippen molar-refractivity contribution >= 4 is 31.9 Å². The molecule has 0 spiro atoms. The molecule has 2 aromatic rings. The number of nitrogens with zero attached hydrogens (tertiary/aromatic N) is 3. The Balaban J connectivity index is 1.91. The second-order valence-corrected chi connectivity index (χ2v) is 6.73. The fraction of sp³-hybridized carbons (Fsp3) is 0.357. The minimum absolute atomic E-state index is 0.664. The van der Waals surface area contributed by atoms with Gasteiger partial charge in [-0.05, 0) is 63.8 Å². The van der Waals surface area contributed by atoms with Gasteiger partial charge in [-0.15, -0.1) is 0 Å². The van der Waals surface area contributed by atoms with Gasteiger partial charge in [-0.2, -0.15) is 0 Å². The van der Waals surface area contributed by atoms with Gasteiger partial charge in [0.25, 0.3) is 0 Å². The highest BCUT2D eigenvalue weighted by atomic mass is 79.9. The molecule has 0 atom stereocenters. The number of aryl methyl sites for hydroxylation is 1. The van der Waals surface area contributed by atoms with E-state index >= 15 is 0 Å². The zero-order valence-electron chi connectivity index (χ0n) is 11.0. The van der Waals surface area contributed by atoms with Crippen molar-refractivity contribution in [2.75, 3.05) is 0 Å². The van der Waals surface area contributed by atoms with Crippen molar-refractivity contribution in [1.82, 2.24) is 20.3 Å². The van der Waals surface area contributed by atoms with E-state index in [2.05, 4.69) is 52.1 Å². The summed E-state index contributed by atoms with van der Waals surface area (Å²) in [5.74, 6) is 0.664. The van der Waals surface area contributed by atoms with Crippen LogP contribution in [0.4, 0.5) is 0 Å². The third-order valence-electron chi connectivity index (χ3n) is 3.08. The number of aromatic nitrogens is 3. The van der Waals surface area contributed by atoms with E-state index < -0.39 is 0 Å². The average Bonchev–Trinajstić information content (AvgIpc) is 3.19. The molecule has 1 fully saturated rings. The maximum atomic E-state index is 4.61. The van der Waals surface area contributed by atoms with Crippen LogP contribution >= 0.6 is 31.9 Å².